The van der Waals surface area contributed by atoms with E-state index in [1.54, 1.807) is 12.0 Å². The van der Waals surface area contributed by atoms with Gasteiger partial charge in [-0.3, -0.25) is 4.98 Å². The maximum Gasteiger partial charge on any atom is 0.410 e. The Morgan fingerprint density at radius 3 is 2.48 bits per heavy atom. The van der Waals surface area contributed by atoms with Crippen molar-refractivity contribution in [3.05, 3.63) is 30.5 Å². The lowest BCUT2D eigenvalue weighted by molar-refractivity contribution is 0.0240. The molecule has 1 fully saturated rings. The monoisotopic (exact) mass is 343 g/mol. The van der Waals surface area contributed by atoms with Gasteiger partial charge >= 0.3 is 6.09 Å². The van der Waals surface area contributed by atoms with E-state index in [4.69, 9.17) is 9.47 Å². The molecule has 1 aromatic carbocycles. The van der Waals surface area contributed by atoms with Crippen molar-refractivity contribution in [2.75, 3.05) is 38.2 Å². The van der Waals surface area contributed by atoms with Crippen LogP contribution in [0, 0.1) is 0 Å². The molecule has 1 saturated heterocycles. The summed E-state index contributed by atoms with van der Waals surface area (Å²) < 4.78 is 10.7. The summed E-state index contributed by atoms with van der Waals surface area (Å²) in [6, 6.07) is 7.95. The van der Waals surface area contributed by atoms with Crippen LogP contribution in [-0.4, -0.2) is 54.9 Å². The van der Waals surface area contributed by atoms with E-state index in [9.17, 15) is 4.79 Å². The molecule has 1 aliphatic heterocycles. The van der Waals surface area contributed by atoms with Crippen LogP contribution >= 0.6 is 0 Å². The van der Waals surface area contributed by atoms with Crippen molar-refractivity contribution in [1.82, 2.24) is 9.88 Å². The van der Waals surface area contributed by atoms with Crippen molar-refractivity contribution in [2.24, 2.45) is 0 Å². The number of hydrogen-bond donors (Lipinski definition) is 0. The Morgan fingerprint density at radius 1 is 1.12 bits per heavy atom. The van der Waals surface area contributed by atoms with E-state index >= 15 is 0 Å². The average molecular weight is 343 g/mol. The number of ether oxygens (including phenoxy) is 2. The topological polar surface area (TPSA) is 54.9 Å². The highest BCUT2D eigenvalue weighted by molar-refractivity contribution is 5.92. The maximum atomic E-state index is 12.2. The second kappa shape index (κ2) is 6.78. The molecule has 0 spiro atoms. The van der Waals surface area contributed by atoms with Crippen LogP contribution < -0.4 is 9.64 Å². The zero-order chi connectivity index (χ0) is 18.0. The van der Waals surface area contributed by atoms with Gasteiger partial charge in [0.25, 0.3) is 0 Å². The smallest absolute Gasteiger partial charge is 0.410 e. The van der Waals surface area contributed by atoms with Gasteiger partial charge in [-0.15, -0.1) is 0 Å². The molecule has 0 bridgehead atoms. The van der Waals surface area contributed by atoms with Crippen molar-refractivity contribution in [1.29, 1.82) is 0 Å². The van der Waals surface area contributed by atoms with Crippen LogP contribution in [0.4, 0.5) is 10.5 Å². The molecule has 0 N–H and O–H groups in total. The molecule has 25 heavy (non-hydrogen) atoms. The Bertz CT molecular complexity index is 762. The predicted molar refractivity (Wildman–Crippen MR) is 98.3 cm³/mol. The number of piperazine rings is 1. The normalized spacial score (nSPS) is 15.4. The van der Waals surface area contributed by atoms with Gasteiger partial charge in [-0.2, -0.15) is 0 Å². The molecule has 0 radical (unpaired) electrons. The minimum atomic E-state index is -0.464. The van der Waals surface area contributed by atoms with Gasteiger partial charge in [-0.25, -0.2) is 4.79 Å². The van der Waals surface area contributed by atoms with Gasteiger partial charge in [0.2, 0.25) is 0 Å². The number of rotatable bonds is 2. The molecule has 2 heterocycles. The molecule has 1 aromatic heterocycles. The summed E-state index contributed by atoms with van der Waals surface area (Å²) in [6.45, 7) is 8.49. The third-order valence-electron chi connectivity index (χ3n) is 4.20. The Hall–Kier alpha value is -2.50. The van der Waals surface area contributed by atoms with E-state index in [0.29, 0.717) is 13.1 Å². The summed E-state index contributed by atoms with van der Waals surface area (Å²) in [5, 5.41) is 1.09. The second-order valence-electron chi connectivity index (χ2n) is 7.17. The number of carbonyl (C=O) groups is 1. The van der Waals surface area contributed by atoms with Crippen molar-refractivity contribution >= 4 is 22.7 Å². The molecule has 0 aliphatic carbocycles. The number of fused-ring (bicyclic) bond motifs is 1. The van der Waals surface area contributed by atoms with Crippen LogP contribution in [0.5, 0.6) is 5.75 Å². The van der Waals surface area contributed by atoms with Gasteiger partial charge < -0.3 is 19.3 Å². The fraction of sp³-hybridized carbons (Fsp3) is 0.474. The third-order valence-corrected chi connectivity index (χ3v) is 4.20. The first-order valence-corrected chi connectivity index (χ1v) is 8.53. The molecule has 0 saturated carbocycles. The minimum Gasteiger partial charge on any atom is -0.497 e. The number of carbonyl (C=O) groups excluding carboxylic acids is 1. The number of benzene rings is 1. The Kier molecular flexibility index (Phi) is 4.70. The molecule has 0 atom stereocenters. The highest BCUT2D eigenvalue weighted by Crippen LogP contribution is 2.29. The van der Waals surface area contributed by atoms with E-state index < -0.39 is 5.60 Å². The maximum absolute atomic E-state index is 12.2. The standard InChI is InChI=1S/C19H25N3O3/c1-19(2,3)25-18(23)22-11-9-21(10-12-22)17-7-8-20-16-13-14(24-4)5-6-15(16)17/h5-8,13H,9-12H2,1-4H3. The number of methoxy groups -OCH3 is 1. The number of anilines is 1. The summed E-state index contributed by atoms with van der Waals surface area (Å²) in [7, 11) is 1.65. The van der Waals surface area contributed by atoms with Crippen molar-refractivity contribution in [2.45, 2.75) is 26.4 Å². The first-order valence-electron chi connectivity index (χ1n) is 8.53. The second-order valence-corrected chi connectivity index (χ2v) is 7.17. The first-order chi connectivity index (χ1) is 11.9. The van der Waals surface area contributed by atoms with Gasteiger partial charge in [0, 0.05) is 49.5 Å². The van der Waals surface area contributed by atoms with Crippen molar-refractivity contribution < 1.29 is 14.3 Å². The quantitative estimate of drug-likeness (QED) is 0.837. The van der Waals surface area contributed by atoms with Gasteiger partial charge in [0.15, 0.2) is 0 Å². The lowest BCUT2D eigenvalue weighted by Gasteiger charge is -2.37. The van der Waals surface area contributed by atoms with Crippen molar-refractivity contribution in [3.8, 4) is 5.75 Å². The van der Waals surface area contributed by atoms with Crippen LogP contribution in [0.15, 0.2) is 30.5 Å². The lowest BCUT2D eigenvalue weighted by Crippen LogP contribution is -2.50. The van der Waals surface area contributed by atoms with E-state index in [2.05, 4.69) is 9.88 Å². The summed E-state index contributed by atoms with van der Waals surface area (Å²) >= 11 is 0. The summed E-state index contributed by atoms with van der Waals surface area (Å²) in [6.07, 6.45) is 1.58. The fourth-order valence-corrected chi connectivity index (χ4v) is 2.97. The Balaban J connectivity index is 1.73. The third kappa shape index (κ3) is 3.95. The van der Waals surface area contributed by atoms with Crippen LogP contribution in [0.2, 0.25) is 0 Å². The van der Waals surface area contributed by atoms with E-state index in [1.165, 1.54) is 0 Å². The molecule has 0 unspecified atom stereocenters. The molecule has 6 heteroatoms. The van der Waals surface area contributed by atoms with E-state index in [0.717, 1.165) is 35.4 Å². The summed E-state index contributed by atoms with van der Waals surface area (Å²) in [5.74, 6) is 0.798. The molecular weight excluding hydrogens is 318 g/mol. The zero-order valence-electron chi connectivity index (χ0n) is 15.3. The van der Waals surface area contributed by atoms with Gasteiger partial charge in [-0.1, -0.05) is 0 Å². The number of nitrogens with zero attached hydrogens (tertiary/aromatic N) is 3. The predicted octanol–water partition coefficient (Wildman–Crippen LogP) is 3.30. The van der Waals surface area contributed by atoms with E-state index in [1.807, 2.05) is 51.2 Å². The van der Waals surface area contributed by atoms with Crippen LogP contribution in [-0.2, 0) is 4.74 Å². The highest BCUT2D eigenvalue weighted by atomic mass is 16.6. The SMILES string of the molecule is COc1ccc2c(N3CCN(C(=O)OC(C)(C)C)CC3)ccnc2c1. The molecule has 134 valence electrons. The molecule has 1 aliphatic rings. The van der Waals surface area contributed by atoms with Gasteiger partial charge in [0.1, 0.15) is 11.4 Å². The number of amides is 1. The Labute approximate surface area is 148 Å². The molecule has 3 rings (SSSR count). The number of aromatic nitrogens is 1. The first kappa shape index (κ1) is 17.3. The summed E-state index contributed by atoms with van der Waals surface area (Å²) in [4.78, 5) is 20.7. The number of pyridine rings is 1. The van der Waals surface area contributed by atoms with Crippen LogP contribution in [0.25, 0.3) is 10.9 Å². The average Bonchev–Trinajstić information content (AvgIpc) is 2.59. The van der Waals surface area contributed by atoms with Crippen molar-refractivity contribution in [3.63, 3.8) is 0 Å². The van der Waals surface area contributed by atoms with Gasteiger partial charge in [0.05, 0.1) is 12.6 Å². The van der Waals surface area contributed by atoms with Gasteiger partial charge in [-0.05, 0) is 39.0 Å². The molecule has 2 aromatic rings. The highest BCUT2D eigenvalue weighted by Gasteiger charge is 2.26. The minimum absolute atomic E-state index is 0.239. The number of hydrogen-bond acceptors (Lipinski definition) is 5. The summed E-state index contributed by atoms with van der Waals surface area (Å²) in [5.41, 5.74) is 1.58. The lowest BCUT2D eigenvalue weighted by atomic mass is 10.1. The Morgan fingerprint density at radius 2 is 1.84 bits per heavy atom. The van der Waals surface area contributed by atoms with Crippen LogP contribution in [0.1, 0.15) is 20.8 Å². The van der Waals surface area contributed by atoms with Crippen LogP contribution in [0.3, 0.4) is 0 Å². The van der Waals surface area contributed by atoms with E-state index in [-0.39, 0.29) is 6.09 Å². The molecule has 6 nitrogen and oxygen atoms in total. The zero-order valence-corrected chi connectivity index (χ0v) is 15.3. The molecule has 1 amide bonds. The fourth-order valence-electron chi connectivity index (χ4n) is 2.97. The largest absolute Gasteiger partial charge is 0.497 e. The molecular formula is C19H25N3O3.